The number of nitrogens with zero attached hydrogens (tertiary/aromatic N) is 1. The highest BCUT2D eigenvalue weighted by molar-refractivity contribution is 5.71. The number of rotatable bonds is 1. The average Bonchev–Trinajstić information content (AvgIpc) is 2.55. The molecule has 0 radical (unpaired) electrons. The highest BCUT2D eigenvalue weighted by Crippen LogP contribution is 2.30. The SMILES string of the molecule is CC[C@@H]1C[C@H](O)[C@@H](O)[C@H]2COC(=O)N12. The number of hydrogen-bond acceptors (Lipinski definition) is 4. The Morgan fingerprint density at radius 2 is 2.29 bits per heavy atom. The number of aliphatic hydroxyl groups is 2. The molecule has 2 heterocycles. The first-order chi connectivity index (χ1) is 6.65. The number of fused-ring (bicyclic) bond motifs is 1. The Labute approximate surface area is 82.3 Å². The topological polar surface area (TPSA) is 70.0 Å². The van der Waals surface area contributed by atoms with Gasteiger partial charge in [0.2, 0.25) is 0 Å². The second-order valence-corrected chi connectivity index (χ2v) is 3.91. The van der Waals surface area contributed by atoms with Crippen LogP contribution in [0.25, 0.3) is 0 Å². The first-order valence-corrected chi connectivity index (χ1v) is 4.96. The molecule has 0 aromatic carbocycles. The predicted molar refractivity (Wildman–Crippen MR) is 47.7 cm³/mol. The molecule has 2 aliphatic rings. The normalized spacial score (nSPS) is 42.2. The fourth-order valence-corrected chi connectivity index (χ4v) is 2.28. The zero-order chi connectivity index (χ0) is 10.3. The highest BCUT2D eigenvalue weighted by Gasteiger charge is 2.48. The second-order valence-electron chi connectivity index (χ2n) is 3.91. The van der Waals surface area contributed by atoms with E-state index in [4.69, 9.17) is 4.74 Å². The van der Waals surface area contributed by atoms with Crippen LogP contribution in [0.5, 0.6) is 0 Å². The number of aliphatic hydroxyl groups excluding tert-OH is 2. The molecule has 2 aliphatic heterocycles. The highest BCUT2D eigenvalue weighted by atomic mass is 16.6. The largest absolute Gasteiger partial charge is 0.447 e. The molecule has 1 amide bonds. The zero-order valence-corrected chi connectivity index (χ0v) is 8.09. The van der Waals surface area contributed by atoms with Gasteiger partial charge in [-0.15, -0.1) is 0 Å². The standard InChI is InChI=1S/C9H15NO4/c1-2-5-3-7(11)8(12)6-4-14-9(13)10(5)6/h5-8,11-12H,2-4H2,1H3/t5-,6-,7+,8+/m1/s1. The molecule has 2 rings (SSSR count). The number of carbonyl (C=O) groups excluding carboxylic acids is 1. The fourth-order valence-electron chi connectivity index (χ4n) is 2.28. The van der Waals surface area contributed by atoms with Crippen LogP contribution in [0.2, 0.25) is 0 Å². The molecule has 0 spiro atoms. The van der Waals surface area contributed by atoms with E-state index in [9.17, 15) is 15.0 Å². The van der Waals surface area contributed by atoms with Crippen LogP contribution in [0.3, 0.4) is 0 Å². The van der Waals surface area contributed by atoms with Crippen LogP contribution in [-0.2, 0) is 4.74 Å². The van der Waals surface area contributed by atoms with Gasteiger partial charge in [-0.05, 0) is 12.8 Å². The zero-order valence-electron chi connectivity index (χ0n) is 8.09. The maximum atomic E-state index is 11.3. The van der Waals surface area contributed by atoms with Crippen LogP contribution >= 0.6 is 0 Å². The first-order valence-electron chi connectivity index (χ1n) is 4.96. The lowest BCUT2D eigenvalue weighted by molar-refractivity contribution is -0.0721. The van der Waals surface area contributed by atoms with E-state index in [1.54, 1.807) is 4.90 Å². The van der Waals surface area contributed by atoms with E-state index < -0.39 is 12.2 Å². The lowest BCUT2D eigenvalue weighted by Gasteiger charge is -2.40. The summed E-state index contributed by atoms with van der Waals surface area (Å²) < 4.78 is 4.87. The number of hydrogen-bond donors (Lipinski definition) is 2. The monoisotopic (exact) mass is 201 g/mol. The lowest BCUT2D eigenvalue weighted by Crippen LogP contribution is -2.57. The van der Waals surface area contributed by atoms with E-state index in [0.717, 1.165) is 6.42 Å². The molecule has 5 heteroatoms. The van der Waals surface area contributed by atoms with E-state index in [1.165, 1.54) is 0 Å². The van der Waals surface area contributed by atoms with Crippen molar-refractivity contribution in [3.8, 4) is 0 Å². The van der Waals surface area contributed by atoms with Gasteiger partial charge in [0.1, 0.15) is 12.7 Å². The summed E-state index contributed by atoms with van der Waals surface area (Å²) in [6.07, 6.45) is -0.772. The molecular formula is C9H15NO4. The molecule has 5 nitrogen and oxygen atoms in total. The molecule has 2 fully saturated rings. The summed E-state index contributed by atoms with van der Waals surface area (Å²) in [5, 5.41) is 19.2. The van der Waals surface area contributed by atoms with E-state index in [-0.39, 0.29) is 24.8 Å². The predicted octanol–water partition coefficient (Wildman–Crippen LogP) is -0.289. The van der Waals surface area contributed by atoms with Crippen LogP contribution in [-0.4, -0.2) is 52.1 Å². The molecular weight excluding hydrogens is 186 g/mol. The molecule has 0 saturated carbocycles. The van der Waals surface area contributed by atoms with E-state index in [0.29, 0.717) is 6.42 Å². The molecule has 0 aromatic rings. The minimum absolute atomic E-state index is 0.00611. The van der Waals surface area contributed by atoms with Gasteiger partial charge in [-0.3, -0.25) is 4.90 Å². The third kappa shape index (κ3) is 1.27. The van der Waals surface area contributed by atoms with Crippen molar-refractivity contribution in [3.63, 3.8) is 0 Å². The van der Waals surface area contributed by atoms with Gasteiger partial charge in [-0.25, -0.2) is 4.79 Å². The van der Waals surface area contributed by atoms with Crippen LogP contribution in [0, 0.1) is 0 Å². The Bertz CT molecular complexity index is 245. The molecule has 0 unspecified atom stereocenters. The molecule has 0 aromatic heterocycles. The van der Waals surface area contributed by atoms with Crippen LogP contribution < -0.4 is 0 Å². The summed E-state index contributed by atoms with van der Waals surface area (Å²) in [7, 11) is 0. The first kappa shape index (κ1) is 9.73. The van der Waals surface area contributed by atoms with Crippen molar-refractivity contribution in [1.82, 2.24) is 4.90 Å². The van der Waals surface area contributed by atoms with Gasteiger partial charge >= 0.3 is 6.09 Å². The number of cyclic esters (lactones) is 1. The summed E-state index contributed by atoms with van der Waals surface area (Å²) >= 11 is 0. The number of amides is 1. The minimum Gasteiger partial charge on any atom is -0.447 e. The van der Waals surface area contributed by atoms with Gasteiger partial charge in [0.15, 0.2) is 0 Å². The van der Waals surface area contributed by atoms with Gasteiger partial charge in [0, 0.05) is 6.04 Å². The molecule has 80 valence electrons. The van der Waals surface area contributed by atoms with Gasteiger partial charge in [-0.1, -0.05) is 6.92 Å². The van der Waals surface area contributed by atoms with Crippen molar-refractivity contribution in [2.45, 2.75) is 44.1 Å². The van der Waals surface area contributed by atoms with Gasteiger partial charge in [-0.2, -0.15) is 0 Å². The van der Waals surface area contributed by atoms with Crippen molar-refractivity contribution >= 4 is 6.09 Å². The molecule has 2 N–H and O–H groups in total. The molecule has 0 aliphatic carbocycles. The summed E-state index contributed by atoms with van der Waals surface area (Å²) in [6.45, 7) is 2.14. The third-order valence-corrected chi connectivity index (χ3v) is 3.11. The summed E-state index contributed by atoms with van der Waals surface area (Å²) in [5.74, 6) is 0. The molecule has 0 bridgehead atoms. The van der Waals surface area contributed by atoms with Crippen molar-refractivity contribution < 1.29 is 19.7 Å². The molecule has 14 heavy (non-hydrogen) atoms. The average molecular weight is 201 g/mol. The molecule has 2 saturated heterocycles. The lowest BCUT2D eigenvalue weighted by atomic mass is 9.90. The van der Waals surface area contributed by atoms with Crippen LogP contribution in [0.15, 0.2) is 0 Å². The maximum Gasteiger partial charge on any atom is 0.410 e. The van der Waals surface area contributed by atoms with Crippen molar-refractivity contribution in [3.05, 3.63) is 0 Å². The molecule has 4 atom stereocenters. The maximum absolute atomic E-state index is 11.3. The Kier molecular flexibility index (Phi) is 2.36. The second kappa shape index (κ2) is 3.40. The van der Waals surface area contributed by atoms with Crippen LogP contribution in [0.4, 0.5) is 4.79 Å². The number of ether oxygens (including phenoxy) is 1. The fraction of sp³-hybridized carbons (Fsp3) is 0.889. The quantitative estimate of drug-likeness (QED) is 0.611. The van der Waals surface area contributed by atoms with Crippen molar-refractivity contribution in [2.24, 2.45) is 0 Å². The Balaban J connectivity index is 2.21. The summed E-state index contributed by atoms with van der Waals surface area (Å²) in [4.78, 5) is 12.9. The van der Waals surface area contributed by atoms with Crippen LogP contribution in [0.1, 0.15) is 19.8 Å². The summed E-state index contributed by atoms with van der Waals surface area (Å²) in [6, 6.07) is -0.371. The van der Waals surface area contributed by atoms with Gasteiger partial charge in [0.05, 0.1) is 12.1 Å². The smallest absolute Gasteiger partial charge is 0.410 e. The Morgan fingerprint density at radius 3 is 2.93 bits per heavy atom. The van der Waals surface area contributed by atoms with Gasteiger partial charge in [0.25, 0.3) is 0 Å². The van der Waals surface area contributed by atoms with E-state index in [2.05, 4.69) is 0 Å². The Hall–Kier alpha value is -0.810. The number of carbonyl (C=O) groups is 1. The van der Waals surface area contributed by atoms with Crippen molar-refractivity contribution in [2.75, 3.05) is 6.61 Å². The third-order valence-electron chi connectivity index (χ3n) is 3.11. The minimum atomic E-state index is -0.871. The van der Waals surface area contributed by atoms with Crippen molar-refractivity contribution in [1.29, 1.82) is 0 Å². The Morgan fingerprint density at radius 1 is 1.57 bits per heavy atom. The van der Waals surface area contributed by atoms with E-state index in [1.807, 2.05) is 6.92 Å². The van der Waals surface area contributed by atoms with Gasteiger partial charge < -0.3 is 14.9 Å². The number of piperidine rings is 1. The summed E-state index contributed by atoms with van der Waals surface area (Å²) in [5.41, 5.74) is 0. The van der Waals surface area contributed by atoms with E-state index >= 15 is 0 Å².